The number of ether oxygens (including phenoxy) is 1. The predicted molar refractivity (Wildman–Crippen MR) is 59.5 cm³/mol. The molecule has 15 heavy (non-hydrogen) atoms. The van der Waals surface area contributed by atoms with E-state index in [0.717, 1.165) is 30.2 Å². The zero-order chi connectivity index (χ0) is 10.7. The van der Waals surface area contributed by atoms with Crippen molar-refractivity contribution in [3.63, 3.8) is 0 Å². The molecule has 0 saturated heterocycles. The molecule has 1 aromatic rings. The van der Waals surface area contributed by atoms with Crippen LogP contribution in [0.2, 0.25) is 0 Å². The third-order valence-corrected chi connectivity index (χ3v) is 3.02. The summed E-state index contributed by atoms with van der Waals surface area (Å²) in [5.41, 5.74) is 0. The van der Waals surface area contributed by atoms with Crippen molar-refractivity contribution in [1.82, 2.24) is 4.98 Å². The fraction of sp³-hybridized carbons (Fsp3) is 0.455. The second kappa shape index (κ2) is 4.75. The Morgan fingerprint density at radius 1 is 1.40 bits per heavy atom. The number of nitrogens with zero attached hydrogens (tertiary/aromatic N) is 1. The van der Waals surface area contributed by atoms with Crippen molar-refractivity contribution >= 4 is 21.9 Å². The number of carbonyl (C=O) groups is 1. The minimum absolute atomic E-state index is 0.0870. The third-order valence-electron chi connectivity index (χ3n) is 2.59. The minimum Gasteiger partial charge on any atom is -0.425 e. The molecule has 1 aliphatic rings. The Morgan fingerprint density at radius 2 is 2.13 bits per heavy atom. The van der Waals surface area contributed by atoms with Crippen LogP contribution in [0.5, 0.6) is 5.75 Å². The summed E-state index contributed by atoms with van der Waals surface area (Å²) in [7, 11) is 0. The maximum absolute atomic E-state index is 11.7. The predicted octanol–water partition coefficient (Wildman–Crippen LogP) is 2.94. The molecule has 2 rings (SSSR count). The summed E-state index contributed by atoms with van der Waals surface area (Å²) < 4.78 is 6.07. The van der Waals surface area contributed by atoms with Crippen LogP contribution in [-0.4, -0.2) is 11.0 Å². The van der Waals surface area contributed by atoms with Crippen molar-refractivity contribution in [2.75, 3.05) is 0 Å². The molecule has 1 saturated carbocycles. The number of halogens is 1. The number of hydrogen-bond acceptors (Lipinski definition) is 3. The van der Waals surface area contributed by atoms with Gasteiger partial charge in [-0.15, -0.1) is 0 Å². The summed E-state index contributed by atoms with van der Waals surface area (Å²) >= 11 is 3.28. The van der Waals surface area contributed by atoms with E-state index in [1.54, 1.807) is 18.5 Å². The van der Waals surface area contributed by atoms with Crippen LogP contribution >= 0.6 is 15.9 Å². The number of aromatic nitrogens is 1. The molecule has 0 atom stereocenters. The van der Waals surface area contributed by atoms with E-state index < -0.39 is 0 Å². The van der Waals surface area contributed by atoms with E-state index in [1.807, 2.05) is 0 Å². The number of hydrogen-bond donors (Lipinski definition) is 0. The zero-order valence-corrected chi connectivity index (χ0v) is 9.87. The summed E-state index contributed by atoms with van der Waals surface area (Å²) in [5, 5.41) is 0. The average Bonchev–Trinajstić information content (AvgIpc) is 2.70. The highest BCUT2D eigenvalue weighted by Crippen LogP contribution is 2.26. The van der Waals surface area contributed by atoms with E-state index in [2.05, 4.69) is 20.9 Å². The number of pyridine rings is 1. The van der Waals surface area contributed by atoms with Gasteiger partial charge in [0, 0.05) is 10.7 Å². The van der Waals surface area contributed by atoms with Gasteiger partial charge in [0.1, 0.15) is 5.75 Å². The van der Waals surface area contributed by atoms with Gasteiger partial charge >= 0.3 is 5.97 Å². The first-order valence-electron chi connectivity index (χ1n) is 5.08. The first kappa shape index (κ1) is 10.6. The summed E-state index contributed by atoms with van der Waals surface area (Å²) in [6, 6.07) is 1.75. The Hall–Kier alpha value is -0.900. The smallest absolute Gasteiger partial charge is 0.314 e. The summed E-state index contributed by atoms with van der Waals surface area (Å²) in [6.07, 6.45) is 7.40. The number of esters is 1. The number of carbonyl (C=O) groups excluding carboxylic acids is 1. The van der Waals surface area contributed by atoms with E-state index in [0.29, 0.717) is 5.75 Å². The van der Waals surface area contributed by atoms with Crippen molar-refractivity contribution in [2.24, 2.45) is 5.92 Å². The van der Waals surface area contributed by atoms with Gasteiger partial charge in [0.05, 0.1) is 12.1 Å². The second-order valence-electron chi connectivity index (χ2n) is 3.74. The molecule has 80 valence electrons. The van der Waals surface area contributed by atoms with E-state index in [1.165, 1.54) is 0 Å². The van der Waals surface area contributed by atoms with Crippen LogP contribution in [0, 0.1) is 5.92 Å². The highest BCUT2D eigenvalue weighted by molar-refractivity contribution is 9.10. The van der Waals surface area contributed by atoms with Crippen molar-refractivity contribution in [3.05, 3.63) is 22.9 Å². The molecule has 0 radical (unpaired) electrons. The van der Waals surface area contributed by atoms with E-state index in [9.17, 15) is 4.79 Å². The maximum atomic E-state index is 11.7. The van der Waals surface area contributed by atoms with E-state index in [4.69, 9.17) is 4.74 Å². The van der Waals surface area contributed by atoms with Gasteiger partial charge in [-0.05, 0) is 34.8 Å². The lowest BCUT2D eigenvalue weighted by molar-refractivity contribution is -0.138. The highest BCUT2D eigenvalue weighted by atomic mass is 79.9. The van der Waals surface area contributed by atoms with Crippen LogP contribution in [0.1, 0.15) is 25.7 Å². The van der Waals surface area contributed by atoms with Gasteiger partial charge in [-0.1, -0.05) is 12.8 Å². The Morgan fingerprint density at radius 3 is 2.80 bits per heavy atom. The van der Waals surface area contributed by atoms with Crippen LogP contribution in [0.4, 0.5) is 0 Å². The standard InChI is InChI=1S/C11H12BrNO2/c12-9-5-10(7-13-6-9)15-11(14)8-3-1-2-4-8/h5-8H,1-4H2. The molecular formula is C11H12BrNO2. The Kier molecular flexibility index (Phi) is 3.36. The SMILES string of the molecule is O=C(Oc1cncc(Br)c1)C1CCCC1. The molecule has 0 bridgehead atoms. The van der Waals surface area contributed by atoms with Gasteiger partial charge in [0.15, 0.2) is 0 Å². The lowest BCUT2D eigenvalue weighted by Crippen LogP contribution is -2.17. The minimum atomic E-state index is -0.118. The summed E-state index contributed by atoms with van der Waals surface area (Å²) in [5.74, 6) is 0.484. The average molecular weight is 270 g/mol. The quantitative estimate of drug-likeness (QED) is 0.775. The van der Waals surface area contributed by atoms with E-state index >= 15 is 0 Å². The van der Waals surface area contributed by atoms with Gasteiger partial charge in [0.25, 0.3) is 0 Å². The molecule has 4 heteroatoms. The van der Waals surface area contributed by atoms with Gasteiger partial charge < -0.3 is 4.74 Å². The van der Waals surface area contributed by atoms with Gasteiger partial charge in [0.2, 0.25) is 0 Å². The molecular weight excluding hydrogens is 258 g/mol. The Labute approximate surface area is 97.0 Å². The molecule has 0 amide bonds. The molecule has 1 aromatic heterocycles. The topological polar surface area (TPSA) is 39.2 Å². The van der Waals surface area contributed by atoms with Crippen molar-refractivity contribution in [2.45, 2.75) is 25.7 Å². The van der Waals surface area contributed by atoms with Crippen LogP contribution in [0.25, 0.3) is 0 Å². The van der Waals surface area contributed by atoms with Crippen molar-refractivity contribution in [3.8, 4) is 5.75 Å². The van der Waals surface area contributed by atoms with Crippen LogP contribution in [-0.2, 0) is 4.79 Å². The maximum Gasteiger partial charge on any atom is 0.314 e. The van der Waals surface area contributed by atoms with Crippen LogP contribution in [0.3, 0.4) is 0 Å². The van der Waals surface area contributed by atoms with Crippen molar-refractivity contribution in [1.29, 1.82) is 0 Å². The molecule has 1 heterocycles. The first-order chi connectivity index (χ1) is 7.25. The Balaban J connectivity index is 1.99. The molecule has 0 aliphatic heterocycles. The molecule has 1 fully saturated rings. The van der Waals surface area contributed by atoms with Crippen LogP contribution in [0.15, 0.2) is 22.9 Å². The molecule has 0 aromatic carbocycles. The number of rotatable bonds is 2. The molecule has 0 spiro atoms. The second-order valence-corrected chi connectivity index (χ2v) is 4.66. The summed E-state index contributed by atoms with van der Waals surface area (Å²) in [4.78, 5) is 15.6. The molecule has 3 nitrogen and oxygen atoms in total. The fourth-order valence-electron chi connectivity index (χ4n) is 1.81. The molecule has 0 unspecified atom stereocenters. The van der Waals surface area contributed by atoms with E-state index in [-0.39, 0.29) is 11.9 Å². The highest BCUT2D eigenvalue weighted by Gasteiger charge is 2.24. The molecule has 1 aliphatic carbocycles. The fourth-order valence-corrected chi connectivity index (χ4v) is 2.15. The Bertz CT molecular complexity index is 361. The normalized spacial score (nSPS) is 16.6. The first-order valence-corrected chi connectivity index (χ1v) is 5.87. The largest absolute Gasteiger partial charge is 0.425 e. The third kappa shape index (κ3) is 2.78. The van der Waals surface area contributed by atoms with Gasteiger partial charge in [-0.2, -0.15) is 0 Å². The monoisotopic (exact) mass is 269 g/mol. The molecule has 0 N–H and O–H groups in total. The lowest BCUT2D eigenvalue weighted by Gasteiger charge is -2.08. The lowest BCUT2D eigenvalue weighted by atomic mass is 10.1. The summed E-state index contributed by atoms with van der Waals surface area (Å²) in [6.45, 7) is 0. The van der Waals surface area contributed by atoms with Gasteiger partial charge in [-0.25, -0.2) is 0 Å². The van der Waals surface area contributed by atoms with Gasteiger partial charge in [-0.3, -0.25) is 9.78 Å². The van der Waals surface area contributed by atoms with Crippen LogP contribution < -0.4 is 4.74 Å². The van der Waals surface area contributed by atoms with Crippen molar-refractivity contribution < 1.29 is 9.53 Å². The zero-order valence-electron chi connectivity index (χ0n) is 8.28.